The number of benzene rings is 1. The minimum Gasteiger partial charge on any atom is -0.388 e. The maximum absolute atomic E-state index is 10.1. The van der Waals surface area contributed by atoms with Crippen molar-refractivity contribution in [1.29, 1.82) is 0 Å². The van der Waals surface area contributed by atoms with Gasteiger partial charge in [-0.05, 0) is 29.0 Å². The zero-order chi connectivity index (χ0) is 11.5. The van der Waals surface area contributed by atoms with E-state index < -0.39 is 0 Å². The van der Waals surface area contributed by atoms with Crippen LogP contribution in [0.25, 0.3) is 0 Å². The molecule has 16 heavy (non-hydrogen) atoms. The highest BCUT2D eigenvalue weighted by atomic mass is 16.5. The molecule has 88 valence electrons. The maximum atomic E-state index is 10.1. The number of rotatable bonds is 4. The Morgan fingerprint density at radius 1 is 1.31 bits per heavy atom. The zero-order valence-electron chi connectivity index (χ0n) is 10.1. The third-order valence-corrected chi connectivity index (χ3v) is 3.45. The average Bonchev–Trinajstić information content (AvgIpc) is 2.75. The normalized spacial score (nSPS) is 18.2. The molecule has 2 rings (SSSR count). The summed E-state index contributed by atoms with van der Waals surface area (Å²) < 4.78 is 5.37. The third-order valence-electron chi connectivity index (χ3n) is 3.45. The number of hydrogen-bond donors (Lipinski definition) is 1. The summed E-state index contributed by atoms with van der Waals surface area (Å²) in [6, 6.07) is 6.20. The van der Waals surface area contributed by atoms with Gasteiger partial charge in [0, 0.05) is 0 Å². The van der Waals surface area contributed by atoms with Crippen LogP contribution in [0.4, 0.5) is 0 Å². The van der Waals surface area contributed by atoms with Crippen molar-refractivity contribution in [1.82, 2.24) is 0 Å². The number of ether oxygens (including phenoxy) is 1. The predicted octanol–water partition coefficient (Wildman–Crippen LogP) is 3.19. The standard InChI is InChI=1S/C14H20O2/c1-3-10(2)6-14(15)11-4-5-12-8-16-9-13(12)7-11/h4-5,7,10,14-15H,3,6,8-9H2,1-2H3. The Hall–Kier alpha value is -0.860. The molecule has 0 bridgehead atoms. The molecule has 2 nitrogen and oxygen atoms in total. The Labute approximate surface area is 97.3 Å². The summed E-state index contributed by atoms with van der Waals surface area (Å²) in [5.41, 5.74) is 3.53. The summed E-state index contributed by atoms with van der Waals surface area (Å²) in [4.78, 5) is 0. The number of hydrogen-bond acceptors (Lipinski definition) is 2. The summed E-state index contributed by atoms with van der Waals surface area (Å²) in [5.74, 6) is 0.569. The van der Waals surface area contributed by atoms with Gasteiger partial charge in [-0.2, -0.15) is 0 Å². The first-order valence-corrected chi connectivity index (χ1v) is 6.08. The van der Waals surface area contributed by atoms with Gasteiger partial charge in [-0.15, -0.1) is 0 Å². The number of aliphatic hydroxyl groups is 1. The topological polar surface area (TPSA) is 29.5 Å². The lowest BCUT2D eigenvalue weighted by Crippen LogP contribution is -2.04. The fourth-order valence-electron chi connectivity index (χ4n) is 2.08. The van der Waals surface area contributed by atoms with E-state index >= 15 is 0 Å². The first-order chi connectivity index (χ1) is 7.70. The molecule has 1 aliphatic heterocycles. The molecule has 1 aromatic carbocycles. The van der Waals surface area contributed by atoms with E-state index in [9.17, 15) is 5.11 Å². The minimum absolute atomic E-state index is 0.333. The van der Waals surface area contributed by atoms with Crippen LogP contribution >= 0.6 is 0 Å². The highest BCUT2D eigenvalue weighted by Crippen LogP contribution is 2.27. The van der Waals surface area contributed by atoms with Gasteiger partial charge in [0.2, 0.25) is 0 Å². The summed E-state index contributed by atoms with van der Waals surface area (Å²) in [6.07, 6.45) is 1.63. The van der Waals surface area contributed by atoms with Crippen molar-refractivity contribution in [2.45, 2.75) is 46.0 Å². The van der Waals surface area contributed by atoms with E-state index in [0.29, 0.717) is 12.5 Å². The molecule has 2 atom stereocenters. The van der Waals surface area contributed by atoms with Crippen LogP contribution in [0.3, 0.4) is 0 Å². The third kappa shape index (κ3) is 2.45. The molecular formula is C14H20O2. The lowest BCUT2D eigenvalue weighted by Gasteiger charge is -2.16. The molecular weight excluding hydrogens is 200 g/mol. The molecule has 1 aromatic rings. The van der Waals surface area contributed by atoms with Crippen LogP contribution in [0.15, 0.2) is 18.2 Å². The molecule has 0 aliphatic carbocycles. The van der Waals surface area contributed by atoms with Crippen molar-refractivity contribution in [2.75, 3.05) is 0 Å². The second-order valence-corrected chi connectivity index (χ2v) is 4.79. The van der Waals surface area contributed by atoms with Gasteiger partial charge in [0.1, 0.15) is 0 Å². The van der Waals surface area contributed by atoms with E-state index in [4.69, 9.17) is 4.74 Å². The molecule has 2 unspecified atom stereocenters. The highest BCUT2D eigenvalue weighted by Gasteiger charge is 2.16. The molecule has 0 saturated carbocycles. The lowest BCUT2D eigenvalue weighted by molar-refractivity contribution is 0.134. The van der Waals surface area contributed by atoms with Crippen LogP contribution in [-0.4, -0.2) is 5.11 Å². The van der Waals surface area contributed by atoms with E-state index in [-0.39, 0.29) is 6.10 Å². The van der Waals surface area contributed by atoms with Gasteiger partial charge >= 0.3 is 0 Å². The molecule has 0 radical (unpaired) electrons. The van der Waals surface area contributed by atoms with Crippen molar-refractivity contribution in [3.8, 4) is 0 Å². The van der Waals surface area contributed by atoms with Crippen molar-refractivity contribution >= 4 is 0 Å². The fourth-order valence-corrected chi connectivity index (χ4v) is 2.08. The van der Waals surface area contributed by atoms with Crippen LogP contribution < -0.4 is 0 Å². The van der Waals surface area contributed by atoms with E-state index in [1.165, 1.54) is 11.1 Å². The maximum Gasteiger partial charge on any atom is 0.0792 e. The molecule has 0 spiro atoms. The molecule has 0 fully saturated rings. The van der Waals surface area contributed by atoms with Gasteiger partial charge in [-0.3, -0.25) is 0 Å². The fraction of sp³-hybridized carbons (Fsp3) is 0.571. The van der Waals surface area contributed by atoms with E-state index in [2.05, 4.69) is 26.0 Å². The van der Waals surface area contributed by atoms with Crippen LogP contribution in [0.1, 0.15) is 49.5 Å². The van der Waals surface area contributed by atoms with Crippen LogP contribution in [0, 0.1) is 5.92 Å². The summed E-state index contributed by atoms with van der Waals surface area (Å²) in [5, 5.41) is 10.1. The lowest BCUT2D eigenvalue weighted by atomic mass is 9.94. The monoisotopic (exact) mass is 220 g/mol. The Morgan fingerprint density at radius 3 is 2.81 bits per heavy atom. The van der Waals surface area contributed by atoms with Crippen molar-refractivity contribution < 1.29 is 9.84 Å². The van der Waals surface area contributed by atoms with Gasteiger partial charge in [0.05, 0.1) is 19.3 Å². The van der Waals surface area contributed by atoms with Gasteiger partial charge in [0.15, 0.2) is 0 Å². The Bertz CT molecular complexity index is 360. The Kier molecular flexibility index (Phi) is 3.62. The summed E-state index contributed by atoms with van der Waals surface area (Å²) >= 11 is 0. The van der Waals surface area contributed by atoms with Crippen LogP contribution in [0.5, 0.6) is 0 Å². The molecule has 1 N–H and O–H groups in total. The highest BCUT2D eigenvalue weighted by molar-refractivity contribution is 5.34. The number of aliphatic hydroxyl groups excluding tert-OH is 1. The second kappa shape index (κ2) is 4.98. The van der Waals surface area contributed by atoms with E-state index in [1.807, 2.05) is 6.07 Å². The van der Waals surface area contributed by atoms with E-state index in [0.717, 1.165) is 25.0 Å². The van der Waals surface area contributed by atoms with Gasteiger partial charge in [-0.25, -0.2) is 0 Å². The average molecular weight is 220 g/mol. The number of fused-ring (bicyclic) bond motifs is 1. The van der Waals surface area contributed by atoms with Gasteiger partial charge in [0.25, 0.3) is 0 Å². The van der Waals surface area contributed by atoms with Gasteiger partial charge < -0.3 is 9.84 Å². The first-order valence-electron chi connectivity index (χ1n) is 6.08. The molecule has 2 heteroatoms. The first kappa shape index (κ1) is 11.6. The molecule has 1 heterocycles. The quantitative estimate of drug-likeness (QED) is 0.844. The van der Waals surface area contributed by atoms with Crippen LogP contribution in [0.2, 0.25) is 0 Å². The summed E-state index contributed by atoms with van der Waals surface area (Å²) in [6.45, 7) is 5.75. The van der Waals surface area contributed by atoms with Crippen LogP contribution in [-0.2, 0) is 18.0 Å². The smallest absolute Gasteiger partial charge is 0.0792 e. The molecule has 1 aliphatic rings. The van der Waals surface area contributed by atoms with Gasteiger partial charge in [-0.1, -0.05) is 38.5 Å². The van der Waals surface area contributed by atoms with Crippen molar-refractivity contribution in [2.24, 2.45) is 5.92 Å². The predicted molar refractivity (Wildman–Crippen MR) is 64.0 cm³/mol. The Balaban J connectivity index is 2.09. The SMILES string of the molecule is CCC(C)CC(O)c1ccc2c(c1)COC2. The summed E-state index contributed by atoms with van der Waals surface area (Å²) in [7, 11) is 0. The zero-order valence-corrected chi connectivity index (χ0v) is 10.1. The largest absolute Gasteiger partial charge is 0.388 e. The Morgan fingerprint density at radius 2 is 2.06 bits per heavy atom. The minimum atomic E-state index is -0.333. The van der Waals surface area contributed by atoms with Crippen molar-refractivity contribution in [3.63, 3.8) is 0 Å². The molecule has 0 amide bonds. The molecule has 0 saturated heterocycles. The van der Waals surface area contributed by atoms with E-state index in [1.54, 1.807) is 0 Å². The second-order valence-electron chi connectivity index (χ2n) is 4.79. The van der Waals surface area contributed by atoms with Crippen molar-refractivity contribution in [3.05, 3.63) is 34.9 Å². The molecule has 0 aromatic heterocycles.